The summed E-state index contributed by atoms with van der Waals surface area (Å²) in [4.78, 5) is 12.4. The third-order valence-corrected chi connectivity index (χ3v) is 5.78. The minimum atomic E-state index is -3.36. The Kier molecular flexibility index (Phi) is 6.15. The van der Waals surface area contributed by atoms with Crippen LogP contribution in [0.3, 0.4) is 0 Å². The summed E-state index contributed by atoms with van der Waals surface area (Å²) in [7, 11) is -1.89. The van der Waals surface area contributed by atoms with E-state index in [9.17, 15) is 13.2 Å². The Bertz CT molecular complexity index is 645. The highest BCUT2D eigenvalue weighted by molar-refractivity contribution is 7.89. The molecule has 1 saturated heterocycles. The first-order valence-corrected chi connectivity index (χ1v) is 9.37. The topological polar surface area (TPSA) is 75.7 Å². The lowest BCUT2D eigenvalue weighted by Crippen LogP contribution is -2.45. The van der Waals surface area contributed by atoms with E-state index in [4.69, 9.17) is 4.74 Å². The van der Waals surface area contributed by atoms with Gasteiger partial charge in [-0.15, -0.1) is 0 Å². The molecule has 23 heavy (non-hydrogen) atoms. The van der Waals surface area contributed by atoms with E-state index in [2.05, 4.69) is 5.32 Å². The predicted molar refractivity (Wildman–Crippen MR) is 89.8 cm³/mol. The first-order chi connectivity index (χ1) is 10.9. The SMILES string of the molecule is COCCS(=O)(=O)N1CCCC(C(=O)Nc2cccc(C)c2)C1. The van der Waals surface area contributed by atoms with Crippen LogP contribution in [0, 0.1) is 12.8 Å². The number of methoxy groups -OCH3 is 1. The van der Waals surface area contributed by atoms with Crippen LogP contribution in [0.2, 0.25) is 0 Å². The molecule has 0 aliphatic carbocycles. The third-order valence-electron chi connectivity index (χ3n) is 3.98. The van der Waals surface area contributed by atoms with Crippen molar-refractivity contribution < 1.29 is 17.9 Å². The summed E-state index contributed by atoms with van der Waals surface area (Å²) in [5, 5.41) is 2.88. The van der Waals surface area contributed by atoms with Crippen LogP contribution in [0.5, 0.6) is 0 Å². The molecule has 0 radical (unpaired) electrons. The van der Waals surface area contributed by atoms with E-state index >= 15 is 0 Å². The van der Waals surface area contributed by atoms with Gasteiger partial charge in [-0.25, -0.2) is 12.7 Å². The Morgan fingerprint density at radius 1 is 1.43 bits per heavy atom. The first kappa shape index (κ1) is 17.9. The van der Waals surface area contributed by atoms with Crippen molar-refractivity contribution in [1.82, 2.24) is 4.31 Å². The van der Waals surface area contributed by atoms with Crippen LogP contribution in [0.25, 0.3) is 0 Å². The van der Waals surface area contributed by atoms with E-state index in [1.54, 1.807) is 0 Å². The molecule has 1 aliphatic heterocycles. The lowest BCUT2D eigenvalue weighted by Gasteiger charge is -2.31. The zero-order valence-electron chi connectivity index (χ0n) is 13.6. The Labute approximate surface area is 137 Å². The number of ether oxygens (including phenoxy) is 1. The number of nitrogens with one attached hydrogen (secondary N) is 1. The molecule has 7 heteroatoms. The van der Waals surface area contributed by atoms with Crippen LogP contribution in [0.15, 0.2) is 24.3 Å². The van der Waals surface area contributed by atoms with E-state index < -0.39 is 10.0 Å². The highest BCUT2D eigenvalue weighted by Gasteiger charge is 2.32. The number of anilines is 1. The van der Waals surface area contributed by atoms with E-state index in [1.807, 2.05) is 31.2 Å². The number of amides is 1. The van der Waals surface area contributed by atoms with Crippen molar-refractivity contribution in [2.75, 3.05) is 37.9 Å². The first-order valence-electron chi connectivity index (χ1n) is 7.76. The molecule has 1 aromatic carbocycles. The quantitative estimate of drug-likeness (QED) is 0.854. The lowest BCUT2D eigenvalue weighted by atomic mass is 9.98. The van der Waals surface area contributed by atoms with Crippen LogP contribution < -0.4 is 5.32 Å². The largest absolute Gasteiger partial charge is 0.384 e. The molecule has 2 rings (SSSR count). The van der Waals surface area contributed by atoms with Gasteiger partial charge in [-0.1, -0.05) is 12.1 Å². The molecule has 6 nitrogen and oxygen atoms in total. The van der Waals surface area contributed by atoms with E-state index in [0.29, 0.717) is 19.4 Å². The normalized spacial score (nSPS) is 19.5. The second-order valence-corrected chi connectivity index (χ2v) is 7.95. The molecule has 1 aliphatic rings. The molecule has 1 atom stereocenters. The van der Waals surface area contributed by atoms with Crippen molar-refractivity contribution in [3.63, 3.8) is 0 Å². The zero-order chi connectivity index (χ0) is 16.9. The maximum absolute atomic E-state index is 12.4. The average molecular weight is 340 g/mol. The van der Waals surface area contributed by atoms with Crippen LogP contribution in [-0.4, -0.2) is 51.2 Å². The van der Waals surface area contributed by atoms with Crippen LogP contribution in [0.4, 0.5) is 5.69 Å². The Hall–Kier alpha value is -1.44. The smallest absolute Gasteiger partial charge is 0.228 e. The van der Waals surface area contributed by atoms with Crippen molar-refractivity contribution >= 4 is 21.6 Å². The van der Waals surface area contributed by atoms with Gasteiger partial charge < -0.3 is 10.1 Å². The maximum atomic E-state index is 12.4. The van der Waals surface area contributed by atoms with Gasteiger partial charge >= 0.3 is 0 Å². The molecule has 0 bridgehead atoms. The lowest BCUT2D eigenvalue weighted by molar-refractivity contribution is -0.120. The summed E-state index contributed by atoms with van der Waals surface area (Å²) >= 11 is 0. The minimum Gasteiger partial charge on any atom is -0.384 e. The number of benzene rings is 1. The van der Waals surface area contributed by atoms with Gasteiger partial charge in [0.15, 0.2) is 0 Å². The van der Waals surface area contributed by atoms with Gasteiger partial charge in [0.05, 0.1) is 18.3 Å². The van der Waals surface area contributed by atoms with Gasteiger partial charge in [0, 0.05) is 25.9 Å². The molecular formula is C16H24N2O4S. The zero-order valence-corrected chi connectivity index (χ0v) is 14.4. The number of aryl methyl sites for hydroxylation is 1. The fraction of sp³-hybridized carbons (Fsp3) is 0.562. The monoisotopic (exact) mass is 340 g/mol. The summed E-state index contributed by atoms with van der Waals surface area (Å²) in [6.07, 6.45) is 1.39. The highest BCUT2D eigenvalue weighted by atomic mass is 32.2. The standard InChI is InChI=1S/C16H24N2O4S/c1-13-5-3-7-15(11-13)17-16(19)14-6-4-8-18(12-14)23(20,21)10-9-22-2/h3,5,7,11,14H,4,6,8-10,12H2,1-2H3,(H,17,19). The Morgan fingerprint density at radius 3 is 2.91 bits per heavy atom. The molecule has 1 unspecified atom stereocenters. The second kappa shape index (κ2) is 7.90. The molecule has 1 fully saturated rings. The van der Waals surface area contributed by atoms with E-state index in [1.165, 1.54) is 11.4 Å². The highest BCUT2D eigenvalue weighted by Crippen LogP contribution is 2.21. The molecule has 1 heterocycles. The number of hydrogen-bond donors (Lipinski definition) is 1. The van der Waals surface area contributed by atoms with Gasteiger partial charge in [-0.3, -0.25) is 4.79 Å². The molecule has 0 aromatic heterocycles. The summed E-state index contributed by atoms with van der Waals surface area (Å²) < 4.78 is 30.7. The number of sulfonamides is 1. The molecule has 0 saturated carbocycles. The van der Waals surface area contributed by atoms with Gasteiger partial charge in [0.25, 0.3) is 0 Å². The number of rotatable bonds is 6. The van der Waals surface area contributed by atoms with Crippen molar-refractivity contribution in [2.45, 2.75) is 19.8 Å². The van der Waals surface area contributed by atoms with E-state index in [-0.39, 0.29) is 30.7 Å². The van der Waals surface area contributed by atoms with Crippen LogP contribution in [-0.2, 0) is 19.6 Å². The number of carbonyl (C=O) groups is 1. The summed E-state index contributed by atoms with van der Waals surface area (Å²) in [5.41, 5.74) is 1.81. The molecule has 1 amide bonds. The maximum Gasteiger partial charge on any atom is 0.228 e. The third kappa shape index (κ3) is 5.02. The van der Waals surface area contributed by atoms with Crippen molar-refractivity contribution in [3.05, 3.63) is 29.8 Å². The van der Waals surface area contributed by atoms with Crippen LogP contribution >= 0.6 is 0 Å². The fourth-order valence-electron chi connectivity index (χ4n) is 2.69. The number of carbonyl (C=O) groups excluding carboxylic acids is 1. The van der Waals surface area contributed by atoms with Gasteiger partial charge in [0.2, 0.25) is 15.9 Å². The molecule has 0 spiro atoms. The van der Waals surface area contributed by atoms with Gasteiger partial charge in [-0.2, -0.15) is 0 Å². The average Bonchev–Trinajstić information content (AvgIpc) is 2.53. The molecular weight excluding hydrogens is 316 g/mol. The van der Waals surface area contributed by atoms with E-state index in [0.717, 1.165) is 11.3 Å². The fourth-order valence-corrected chi connectivity index (χ4v) is 4.14. The summed E-state index contributed by atoms with van der Waals surface area (Å²) in [5.74, 6) is -0.487. The Balaban J connectivity index is 1.99. The molecule has 1 aromatic rings. The van der Waals surface area contributed by atoms with Crippen molar-refractivity contribution in [3.8, 4) is 0 Å². The summed E-state index contributed by atoms with van der Waals surface area (Å²) in [6.45, 7) is 2.84. The molecule has 128 valence electrons. The van der Waals surface area contributed by atoms with Crippen molar-refractivity contribution in [1.29, 1.82) is 0 Å². The minimum absolute atomic E-state index is 0.0459. The number of nitrogens with zero attached hydrogens (tertiary/aromatic N) is 1. The second-order valence-electron chi connectivity index (χ2n) is 5.86. The van der Waals surface area contributed by atoms with Gasteiger partial charge in [0.1, 0.15) is 0 Å². The summed E-state index contributed by atoms with van der Waals surface area (Å²) in [6, 6.07) is 7.57. The Morgan fingerprint density at radius 2 is 2.22 bits per heavy atom. The van der Waals surface area contributed by atoms with Crippen molar-refractivity contribution in [2.24, 2.45) is 5.92 Å². The van der Waals surface area contributed by atoms with Crippen LogP contribution in [0.1, 0.15) is 18.4 Å². The molecule has 1 N–H and O–H groups in total. The van der Waals surface area contributed by atoms with Gasteiger partial charge in [-0.05, 0) is 37.5 Å². The number of piperidine rings is 1. The number of hydrogen-bond acceptors (Lipinski definition) is 4. The predicted octanol–water partition coefficient (Wildman–Crippen LogP) is 1.62.